The highest BCUT2D eigenvalue weighted by molar-refractivity contribution is 9.10. The van der Waals surface area contributed by atoms with Gasteiger partial charge in [0.15, 0.2) is 0 Å². The van der Waals surface area contributed by atoms with Crippen LogP contribution in [-0.2, 0) is 6.18 Å². The Morgan fingerprint density at radius 2 is 2.00 bits per heavy atom. The van der Waals surface area contributed by atoms with Crippen LogP contribution in [0.25, 0.3) is 11.0 Å². The number of alkyl halides is 3. The third-order valence-corrected chi connectivity index (χ3v) is 4.41. The molecule has 1 N–H and O–H groups in total. The lowest BCUT2D eigenvalue weighted by molar-refractivity contribution is -0.136. The summed E-state index contributed by atoms with van der Waals surface area (Å²) in [5.41, 5.74) is -1.08. The molecule has 1 heterocycles. The summed E-state index contributed by atoms with van der Waals surface area (Å²) >= 11 is 3.11. The SMILES string of the molecule is Cc1nc2cc(Br)cc(C(F)(F)F)c2n1[C@H]1C[C@@](C)(O)C1. The van der Waals surface area contributed by atoms with Gasteiger partial charge >= 0.3 is 6.18 Å². The number of hydrogen-bond donors (Lipinski definition) is 1. The minimum absolute atomic E-state index is 0.101. The lowest BCUT2D eigenvalue weighted by Crippen LogP contribution is -2.42. The number of aryl methyl sites for hydroxylation is 1. The van der Waals surface area contributed by atoms with Crippen LogP contribution in [-0.4, -0.2) is 20.3 Å². The summed E-state index contributed by atoms with van der Waals surface area (Å²) in [6, 6.07) is 2.52. The van der Waals surface area contributed by atoms with E-state index in [0.29, 0.717) is 28.7 Å². The second kappa shape index (κ2) is 4.46. The number of rotatable bonds is 1. The van der Waals surface area contributed by atoms with Crippen molar-refractivity contribution in [2.75, 3.05) is 0 Å². The predicted octanol–water partition coefficient (Wildman–Crippen LogP) is 4.21. The molecule has 0 spiro atoms. The molecular weight excluding hydrogens is 349 g/mol. The largest absolute Gasteiger partial charge is 0.418 e. The molecule has 7 heteroatoms. The standard InChI is InChI=1S/C14H14BrF3N2O/c1-7-19-11-4-8(15)3-10(14(16,17)18)12(11)20(7)9-5-13(2,21)6-9/h3-4,9,21H,5-6H2,1-2H3/t9-,13+. The smallest absolute Gasteiger partial charge is 0.390 e. The molecular formula is C14H14BrF3N2O. The average molecular weight is 363 g/mol. The van der Waals surface area contributed by atoms with Gasteiger partial charge in [0.05, 0.1) is 22.2 Å². The summed E-state index contributed by atoms with van der Waals surface area (Å²) in [5, 5.41) is 9.86. The molecule has 1 aromatic carbocycles. The number of imidazole rings is 1. The maximum absolute atomic E-state index is 13.3. The molecule has 1 aromatic heterocycles. The number of aromatic nitrogens is 2. The minimum Gasteiger partial charge on any atom is -0.390 e. The van der Waals surface area contributed by atoms with Crippen LogP contribution in [0, 0.1) is 6.92 Å². The van der Waals surface area contributed by atoms with Gasteiger partial charge in [0.25, 0.3) is 0 Å². The normalized spacial score (nSPS) is 26.1. The summed E-state index contributed by atoms with van der Waals surface area (Å²) in [6.45, 7) is 3.39. The zero-order valence-electron chi connectivity index (χ0n) is 11.5. The van der Waals surface area contributed by atoms with E-state index in [9.17, 15) is 18.3 Å². The Balaban J connectivity index is 2.23. The first kappa shape index (κ1) is 14.8. The average Bonchev–Trinajstić information content (AvgIpc) is 2.58. The number of halogens is 4. The van der Waals surface area contributed by atoms with Gasteiger partial charge in [-0.25, -0.2) is 4.98 Å². The predicted molar refractivity (Wildman–Crippen MR) is 76.1 cm³/mol. The number of fused-ring (bicyclic) bond motifs is 1. The van der Waals surface area contributed by atoms with E-state index in [1.807, 2.05) is 0 Å². The molecule has 0 amide bonds. The third-order valence-electron chi connectivity index (χ3n) is 3.95. The van der Waals surface area contributed by atoms with Crippen molar-refractivity contribution in [3.05, 3.63) is 28.0 Å². The Morgan fingerprint density at radius 3 is 2.52 bits per heavy atom. The number of benzene rings is 1. The van der Waals surface area contributed by atoms with E-state index < -0.39 is 17.3 Å². The molecule has 1 aliphatic rings. The second-order valence-electron chi connectivity index (χ2n) is 5.91. The fraction of sp³-hybridized carbons (Fsp3) is 0.500. The number of hydrogen-bond acceptors (Lipinski definition) is 2. The Hall–Kier alpha value is -1.08. The topological polar surface area (TPSA) is 38.0 Å². The van der Waals surface area contributed by atoms with Gasteiger partial charge in [0, 0.05) is 10.5 Å². The summed E-state index contributed by atoms with van der Waals surface area (Å²) < 4.78 is 41.9. The van der Waals surface area contributed by atoms with Crippen molar-refractivity contribution in [3.63, 3.8) is 0 Å². The van der Waals surface area contributed by atoms with Crippen molar-refractivity contribution >= 4 is 27.0 Å². The first-order chi connectivity index (χ1) is 9.58. The molecule has 0 bridgehead atoms. The van der Waals surface area contributed by atoms with Crippen molar-refractivity contribution in [2.45, 2.75) is 44.5 Å². The van der Waals surface area contributed by atoms with E-state index in [-0.39, 0.29) is 11.6 Å². The van der Waals surface area contributed by atoms with Crippen LogP contribution >= 0.6 is 15.9 Å². The van der Waals surface area contributed by atoms with Crippen LogP contribution in [0.2, 0.25) is 0 Å². The Labute approximate surface area is 127 Å². The fourth-order valence-electron chi connectivity index (χ4n) is 3.11. The van der Waals surface area contributed by atoms with Gasteiger partial charge in [0.2, 0.25) is 0 Å². The molecule has 1 aliphatic carbocycles. The highest BCUT2D eigenvalue weighted by Crippen LogP contribution is 2.45. The Morgan fingerprint density at radius 1 is 1.38 bits per heavy atom. The molecule has 0 radical (unpaired) electrons. The van der Waals surface area contributed by atoms with Crippen molar-refractivity contribution in [2.24, 2.45) is 0 Å². The maximum atomic E-state index is 13.3. The zero-order valence-corrected chi connectivity index (χ0v) is 13.1. The first-order valence-electron chi connectivity index (χ1n) is 6.56. The quantitative estimate of drug-likeness (QED) is 0.824. The highest BCUT2D eigenvalue weighted by atomic mass is 79.9. The lowest BCUT2D eigenvalue weighted by atomic mass is 9.77. The molecule has 1 fully saturated rings. The van der Waals surface area contributed by atoms with Gasteiger partial charge in [0.1, 0.15) is 5.82 Å². The van der Waals surface area contributed by atoms with Crippen LogP contribution in [0.5, 0.6) is 0 Å². The van der Waals surface area contributed by atoms with Gasteiger partial charge < -0.3 is 9.67 Å². The summed E-state index contributed by atoms with van der Waals surface area (Å²) in [5.74, 6) is 0.536. The van der Waals surface area contributed by atoms with Crippen LogP contribution in [0.3, 0.4) is 0 Å². The van der Waals surface area contributed by atoms with Crippen molar-refractivity contribution in [1.29, 1.82) is 0 Å². The minimum atomic E-state index is -4.45. The fourth-order valence-corrected chi connectivity index (χ4v) is 3.56. The number of nitrogens with zero attached hydrogens (tertiary/aromatic N) is 2. The van der Waals surface area contributed by atoms with Gasteiger partial charge in [-0.3, -0.25) is 0 Å². The van der Waals surface area contributed by atoms with Gasteiger partial charge in [-0.2, -0.15) is 13.2 Å². The van der Waals surface area contributed by atoms with E-state index >= 15 is 0 Å². The number of aliphatic hydroxyl groups is 1. The summed E-state index contributed by atoms with van der Waals surface area (Å²) in [6.07, 6.45) is -3.57. The highest BCUT2D eigenvalue weighted by Gasteiger charge is 2.42. The Kier molecular flexibility index (Phi) is 3.15. The molecule has 21 heavy (non-hydrogen) atoms. The van der Waals surface area contributed by atoms with Gasteiger partial charge in [-0.15, -0.1) is 0 Å². The lowest BCUT2D eigenvalue weighted by Gasteiger charge is -2.42. The van der Waals surface area contributed by atoms with E-state index in [0.717, 1.165) is 6.07 Å². The van der Waals surface area contributed by atoms with Crippen LogP contribution in [0.1, 0.15) is 37.2 Å². The summed E-state index contributed by atoms with van der Waals surface area (Å²) in [7, 11) is 0. The second-order valence-corrected chi connectivity index (χ2v) is 6.82. The molecule has 3 rings (SSSR count). The van der Waals surface area contributed by atoms with Crippen LogP contribution in [0.15, 0.2) is 16.6 Å². The van der Waals surface area contributed by atoms with Crippen LogP contribution < -0.4 is 0 Å². The van der Waals surface area contributed by atoms with Crippen LogP contribution in [0.4, 0.5) is 13.2 Å². The van der Waals surface area contributed by atoms with E-state index in [4.69, 9.17) is 0 Å². The third kappa shape index (κ3) is 2.46. The summed E-state index contributed by atoms with van der Waals surface area (Å²) in [4.78, 5) is 4.25. The molecule has 0 aliphatic heterocycles. The molecule has 0 atom stereocenters. The molecule has 114 valence electrons. The first-order valence-corrected chi connectivity index (χ1v) is 7.35. The monoisotopic (exact) mass is 362 g/mol. The molecule has 3 nitrogen and oxygen atoms in total. The van der Waals surface area contributed by atoms with Gasteiger partial charge in [-0.05, 0) is 38.8 Å². The van der Waals surface area contributed by atoms with E-state index in [2.05, 4.69) is 20.9 Å². The van der Waals surface area contributed by atoms with Gasteiger partial charge in [-0.1, -0.05) is 15.9 Å². The Bertz CT molecular complexity index is 713. The van der Waals surface area contributed by atoms with Crippen molar-refractivity contribution in [1.82, 2.24) is 9.55 Å². The van der Waals surface area contributed by atoms with Crippen molar-refractivity contribution in [3.8, 4) is 0 Å². The van der Waals surface area contributed by atoms with E-state index in [1.165, 1.54) is 0 Å². The zero-order chi connectivity index (χ0) is 15.6. The van der Waals surface area contributed by atoms with Crippen molar-refractivity contribution < 1.29 is 18.3 Å². The molecule has 0 unspecified atom stereocenters. The maximum Gasteiger partial charge on any atom is 0.418 e. The molecule has 2 aromatic rings. The van der Waals surface area contributed by atoms with E-state index in [1.54, 1.807) is 24.5 Å². The molecule has 0 saturated heterocycles. The molecule has 1 saturated carbocycles.